The van der Waals surface area contributed by atoms with Crippen LogP contribution in [0.4, 0.5) is 5.82 Å². The predicted octanol–water partition coefficient (Wildman–Crippen LogP) is 1.05. The van der Waals surface area contributed by atoms with Gasteiger partial charge >= 0.3 is 0 Å². The van der Waals surface area contributed by atoms with Crippen molar-refractivity contribution in [3.05, 3.63) is 23.4 Å². The first-order valence-electron chi connectivity index (χ1n) is 4.70. The summed E-state index contributed by atoms with van der Waals surface area (Å²) in [5.41, 5.74) is 8.06. The molecular weight excluding hydrogens is 162 g/mol. The number of pyridine rings is 1. The molecule has 0 aromatic carbocycles. The van der Waals surface area contributed by atoms with Crippen LogP contribution in [0, 0.1) is 6.92 Å². The molecule has 70 valence electrons. The zero-order valence-electron chi connectivity index (χ0n) is 7.88. The van der Waals surface area contributed by atoms with Gasteiger partial charge in [0.1, 0.15) is 5.82 Å². The minimum atomic E-state index is 0.631. The van der Waals surface area contributed by atoms with Gasteiger partial charge in [-0.05, 0) is 36.9 Å². The molecular formula is C10H15N3. The Kier molecular flexibility index (Phi) is 2.19. The third-order valence-electron chi connectivity index (χ3n) is 2.67. The number of rotatable bonds is 1. The van der Waals surface area contributed by atoms with Crippen molar-refractivity contribution >= 4 is 5.82 Å². The second-order valence-electron chi connectivity index (χ2n) is 3.66. The zero-order chi connectivity index (χ0) is 9.26. The van der Waals surface area contributed by atoms with Crippen molar-refractivity contribution in [2.45, 2.75) is 19.3 Å². The van der Waals surface area contributed by atoms with E-state index in [1.54, 1.807) is 0 Å². The molecule has 0 amide bonds. The van der Waals surface area contributed by atoms with Crippen LogP contribution in [0.3, 0.4) is 0 Å². The topological polar surface area (TPSA) is 50.9 Å². The highest BCUT2D eigenvalue weighted by atomic mass is 14.9. The molecule has 1 unspecified atom stereocenters. The van der Waals surface area contributed by atoms with E-state index in [0.717, 1.165) is 18.7 Å². The van der Waals surface area contributed by atoms with Crippen molar-refractivity contribution in [1.29, 1.82) is 0 Å². The van der Waals surface area contributed by atoms with Gasteiger partial charge in [0, 0.05) is 12.7 Å². The Bertz CT molecular complexity index is 303. The molecule has 0 aliphatic carbocycles. The molecule has 1 aliphatic rings. The third-order valence-corrected chi connectivity index (χ3v) is 2.67. The van der Waals surface area contributed by atoms with Crippen LogP contribution in [0.5, 0.6) is 0 Å². The van der Waals surface area contributed by atoms with Crippen molar-refractivity contribution in [2.75, 3.05) is 18.8 Å². The highest BCUT2D eigenvalue weighted by molar-refractivity contribution is 5.40. The zero-order valence-corrected chi connectivity index (χ0v) is 7.88. The number of nitrogens with two attached hydrogens (primary N) is 1. The number of nitrogens with one attached hydrogen (secondary N) is 1. The van der Waals surface area contributed by atoms with Gasteiger partial charge in [-0.15, -0.1) is 0 Å². The number of hydrogen-bond acceptors (Lipinski definition) is 3. The quantitative estimate of drug-likeness (QED) is 0.674. The SMILES string of the molecule is Cc1cc(C2CCNC2)cnc1N. The summed E-state index contributed by atoms with van der Waals surface area (Å²) in [4.78, 5) is 4.17. The smallest absolute Gasteiger partial charge is 0.126 e. The van der Waals surface area contributed by atoms with Crippen LogP contribution in [-0.2, 0) is 0 Å². The summed E-state index contributed by atoms with van der Waals surface area (Å²) in [6, 6.07) is 2.15. The molecule has 0 spiro atoms. The van der Waals surface area contributed by atoms with Gasteiger partial charge in [0.2, 0.25) is 0 Å². The lowest BCUT2D eigenvalue weighted by atomic mass is 9.99. The number of anilines is 1. The maximum absolute atomic E-state index is 5.66. The Morgan fingerprint density at radius 2 is 2.46 bits per heavy atom. The van der Waals surface area contributed by atoms with Crippen LogP contribution in [0.25, 0.3) is 0 Å². The van der Waals surface area contributed by atoms with Crippen LogP contribution in [0.15, 0.2) is 12.3 Å². The summed E-state index contributed by atoms with van der Waals surface area (Å²) in [6.45, 7) is 4.20. The second-order valence-corrected chi connectivity index (χ2v) is 3.66. The van der Waals surface area contributed by atoms with Crippen LogP contribution in [-0.4, -0.2) is 18.1 Å². The van der Waals surface area contributed by atoms with Crippen LogP contribution in [0.2, 0.25) is 0 Å². The molecule has 1 aliphatic heterocycles. The first-order valence-corrected chi connectivity index (χ1v) is 4.70. The molecule has 2 rings (SSSR count). The van der Waals surface area contributed by atoms with Crippen molar-refractivity contribution in [2.24, 2.45) is 0 Å². The van der Waals surface area contributed by atoms with E-state index in [2.05, 4.69) is 16.4 Å². The van der Waals surface area contributed by atoms with Crippen LogP contribution in [0.1, 0.15) is 23.5 Å². The lowest BCUT2D eigenvalue weighted by molar-refractivity contribution is 0.758. The minimum absolute atomic E-state index is 0.631. The monoisotopic (exact) mass is 177 g/mol. The Hall–Kier alpha value is -1.09. The van der Waals surface area contributed by atoms with Gasteiger partial charge in [-0.2, -0.15) is 0 Å². The molecule has 1 aromatic rings. The fourth-order valence-electron chi connectivity index (χ4n) is 1.77. The largest absolute Gasteiger partial charge is 0.383 e. The predicted molar refractivity (Wildman–Crippen MR) is 53.6 cm³/mol. The minimum Gasteiger partial charge on any atom is -0.383 e. The van der Waals surface area contributed by atoms with Crippen molar-refractivity contribution in [1.82, 2.24) is 10.3 Å². The molecule has 13 heavy (non-hydrogen) atoms. The van der Waals surface area contributed by atoms with Gasteiger partial charge in [-0.1, -0.05) is 6.07 Å². The molecule has 0 bridgehead atoms. The maximum Gasteiger partial charge on any atom is 0.126 e. The van der Waals surface area contributed by atoms with Crippen LogP contribution >= 0.6 is 0 Å². The van der Waals surface area contributed by atoms with Gasteiger partial charge in [0.05, 0.1) is 0 Å². The summed E-state index contributed by atoms with van der Waals surface area (Å²) >= 11 is 0. The molecule has 1 aromatic heterocycles. The molecule has 0 saturated carbocycles. The highest BCUT2D eigenvalue weighted by Crippen LogP contribution is 2.23. The Balaban J connectivity index is 2.25. The first-order chi connectivity index (χ1) is 6.27. The lowest BCUT2D eigenvalue weighted by Gasteiger charge is -2.09. The Morgan fingerprint density at radius 1 is 1.62 bits per heavy atom. The van der Waals surface area contributed by atoms with Gasteiger partial charge in [-0.25, -0.2) is 4.98 Å². The normalized spacial score (nSPS) is 22.1. The summed E-state index contributed by atoms with van der Waals surface area (Å²) in [6.07, 6.45) is 3.12. The van der Waals surface area contributed by atoms with Crippen LogP contribution < -0.4 is 11.1 Å². The molecule has 1 saturated heterocycles. The van der Waals surface area contributed by atoms with Gasteiger partial charge in [0.25, 0.3) is 0 Å². The molecule has 3 N–H and O–H groups in total. The summed E-state index contributed by atoms with van der Waals surface area (Å²) in [5.74, 6) is 1.28. The molecule has 2 heterocycles. The Labute approximate surface area is 78.4 Å². The number of nitrogen functional groups attached to an aromatic ring is 1. The van der Waals surface area contributed by atoms with E-state index in [-0.39, 0.29) is 0 Å². The van der Waals surface area contributed by atoms with E-state index < -0.39 is 0 Å². The van der Waals surface area contributed by atoms with E-state index >= 15 is 0 Å². The molecule has 3 nitrogen and oxygen atoms in total. The third kappa shape index (κ3) is 1.65. The van der Waals surface area contributed by atoms with Crippen molar-refractivity contribution in [3.63, 3.8) is 0 Å². The van der Waals surface area contributed by atoms with Crippen molar-refractivity contribution in [3.8, 4) is 0 Å². The molecule has 3 heteroatoms. The fraction of sp³-hybridized carbons (Fsp3) is 0.500. The maximum atomic E-state index is 5.66. The average molecular weight is 177 g/mol. The van der Waals surface area contributed by atoms with E-state index in [0.29, 0.717) is 11.7 Å². The number of hydrogen-bond donors (Lipinski definition) is 2. The second kappa shape index (κ2) is 3.34. The lowest BCUT2D eigenvalue weighted by Crippen LogP contribution is -2.08. The van der Waals surface area contributed by atoms with Gasteiger partial charge < -0.3 is 11.1 Å². The van der Waals surface area contributed by atoms with E-state index in [9.17, 15) is 0 Å². The number of aromatic nitrogens is 1. The van der Waals surface area contributed by atoms with Gasteiger partial charge in [0.15, 0.2) is 0 Å². The molecule has 1 atom stereocenters. The Morgan fingerprint density at radius 3 is 3.08 bits per heavy atom. The highest BCUT2D eigenvalue weighted by Gasteiger charge is 2.16. The first kappa shape index (κ1) is 8.51. The molecule has 1 fully saturated rings. The van der Waals surface area contributed by atoms with Gasteiger partial charge in [-0.3, -0.25) is 0 Å². The fourth-order valence-corrected chi connectivity index (χ4v) is 1.77. The van der Waals surface area contributed by atoms with E-state index in [1.807, 2.05) is 13.1 Å². The number of nitrogens with zero attached hydrogens (tertiary/aromatic N) is 1. The summed E-state index contributed by atoms with van der Waals surface area (Å²) in [7, 11) is 0. The number of aryl methyl sites for hydroxylation is 1. The van der Waals surface area contributed by atoms with E-state index in [1.165, 1.54) is 12.0 Å². The average Bonchev–Trinajstić information content (AvgIpc) is 2.62. The summed E-state index contributed by atoms with van der Waals surface area (Å²) < 4.78 is 0. The van der Waals surface area contributed by atoms with Crippen molar-refractivity contribution < 1.29 is 0 Å². The van der Waals surface area contributed by atoms with E-state index in [4.69, 9.17) is 5.73 Å². The summed E-state index contributed by atoms with van der Waals surface area (Å²) in [5, 5.41) is 3.35. The molecule has 0 radical (unpaired) electrons. The standard InChI is InChI=1S/C10H15N3/c1-7-4-9(6-13-10(7)11)8-2-3-12-5-8/h4,6,8,12H,2-3,5H2,1H3,(H2,11,13).